The average Bonchev–Trinajstić information content (AvgIpc) is 2.99. The van der Waals surface area contributed by atoms with E-state index in [2.05, 4.69) is 13.8 Å². The zero-order valence-electron chi connectivity index (χ0n) is 27.8. The molecule has 0 heterocycles. The molecule has 2 aromatic carbocycles. The topological polar surface area (TPSA) is 114 Å². The average molecular weight is 757 g/mol. The van der Waals surface area contributed by atoms with Gasteiger partial charge in [0.2, 0.25) is 0 Å². The van der Waals surface area contributed by atoms with Gasteiger partial charge >= 0.3 is 20.4 Å². The van der Waals surface area contributed by atoms with Crippen molar-refractivity contribution < 1.29 is 46.4 Å². The fourth-order valence-corrected chi connectivity index (χ4v) is 6.99. The molecule has 0 aliphatic heterocycles. The van der Waals surface area contributed by atoms with Gasteiger partial charge in [0.25, 0.3) is 0 Å². The SMILES string of the molecule is CCCCCCCCCCCCc1ccccc1S(=O)(=O)[O-].CCCCCCCCCCCCc1ccccc1S(=O)(=O)[O-].[Pd+2]. The van der Waals surface area contributed by atoms with Crippen LogP contribution in [0.3, 0.4) is 0 Å². The summed E-state index contributed by atoms with van der Waals surface area (Å²) in [6.07, 6.45) is 26.3. The van der Waals surface area contributed by atoms with Gasteiger partial charge in [-0.3, -0.25) is 0 Å². The van der Waals surface area contributed by atoms with Crippen molar-refractivity contribution in [2.45, 2.75) is 165 Å². The van der Waals surface area contributed by atoms with Crippen LogP contribution in [0.25, 0.3) is 0 Å². The monoisotopic (exact) mass is 756 g/mol. The second-order valence-corrected chi connectivity index (χ2v) is 14.7. The molecule has 0 saturated carbocycles. The normalized spacial score (nSPS) is 11.5. The molecule has 0 aliphatic rings. The van der Waals surface area contributed by atoms with Crippen molar-refractivity contribution in [1.29, 1.82) is 0 Å². The summed E-state index contributed by atoms with van der Waals surface area (Å²) in [5.41, 5.74) is 1.33. The van der Waals surface area contributed by atoms with E-state index >= 15 is 0 Å². The fraction of sp³-hybridized carbons (Fsp3) is 0.667. The van der Waals surface area contributed by atoms with Gasteiger partial charge in [0.05, 0.1) is 9.79 Å². The Kier molecular flexibility index (Phi) is 26.3. The van der Waals surface area contributed by atoms with Crippen LogP contribution >= 0.6 is 0 Å². The Morgan fingerprint density at radius 3 is 0.933 bits per heavy atom. The number of rotatable bonds is 24. The van der Waals surface area contributed by atoms with Crippen LogP contribution in [0.1, 0.15) is 153 Å². The third-order valence-electron chi connectivity index (χ3n) is 8.08. The third kappa shape index (κ3) is 22.2. The van der Waals surface area contributed by atoms with E-state index in [-0.39, 0.29) is 30.2 Å². The molecule has 0 fully saturated rings. The quantitative estimate of drug-likeness (QED) is 0.0598. The van der Waals surface area contributed by atoms with Gasteiger partial charge in [-0.1, -0.05) is 166 Å². The molecule has 0 aromatic heterocycles. The molecule has 0 N–H and O–H groups in total. The van der Waals surface area contributed by atoms with Crippen LogP contribution < -0.4 is 0 Å². The first-order valence-corrected chi connectivity index (χ1v) is 20.0. The third-order valence-corrected chi connectivity index (χ3v) is 9.96. The van der Waals surface area contributed by atoms with Gasteiger partial charge in [-0.2, -0.15) is 0 Å². The number of hydrogen-bond acceptors (Lipinski definition) is 6. The molecular formula is C36H58O6PdS2. The molecule has 2 rings (SSSR count). The van der Waals surface area contributed by atoms with E-state index in [0.29, 0.717) is 24.0 Å². The minimum atomic E-state index is -4.35. The van der Waals surface area contributed by atoms with Gasteiger partial charge in [-0.15, -0.1) is 0 Å². The van der Waals surface area contributed by atoms with Crippen molar-refractivity contribution in [3.8, 4) is 0 Å². The molecule has 0 amide bonds. The number of benzene rings is 2. The van der Waals surface area contributed by atoms with Crippen LogP contribution in [0, 0.1) is 0 Å². The minimum absolute atomic E-state index is 0. The van der Waals surface area contributed by atoms with Crippen molar-refractivity contribution in [3.63, 3.8) is 0 Å². The first kappa shape index (κ1) is 43.9. The van der Waals surface area contributed by atoms with Crippen molar-refractivity contribution in [3.05, 3.63) is 59.7 Å². The predicted molar refractivity (Wildman–Crippen MR) is 180 cm³/mol. The van der Waals surface area contributed by atoms with Gasteiger partial charge in [-0.05, 0) is 48.9 Å². The van der Waals surface area contributed by atoms with Crippen LogP contribution in [0.15, 0.2) is 58.3 Å². The van der Waals surface area contributed by atoms with Crippen molar-refractivity contribution >= 4 is 20.2 Å². The number of unbranched alkanes of at least 4 members (excludes halogenated alkanes) is 18. The maximum absolute atomic E-state index is 11.2. The van der Waals surface area contributed by atoms with Crippen molar-refractivity contribution in [2.24, 2.45) is 0 Å². The minimum Gasteiger partial charge on any atom is -0.744 e. The Balaban J connectivity index is 0.000000842. The molecular weight excluding hydrogens is 699 g/mol. The summed E-state index contributed by atoms with van der Waals surface area (Å²) in [4.78, 5) is -0.100. The van der Waals surface area contributed by atoms with Crippen LogP contribution in [-0.4, -0.2) is 25.9 Å². The Morgan fingerprint density at radius 2 is 0.667 bits per heavy atom. The molecule has 45 heavy (non-hydrogen) atoms. The summed E-state index contributed by atoms with van der Waals surface area (Å²) in [6, 6.07) is 13.1. The van der Waals surface area contributed by atoms with Crippen LogP contribution in [-0.2, 0) is 53.5 Å². The first-order valence-electron chi connectivity index (χ1n) is 17.2. The number of aryl methyl sites for hydroxylation is 2. The Hall–Kier alpha value is -1.08. The largest absolute Gasteiger partial charge is 2.00 e. The van der Waals surface area contributed by atoms with Gasteiger partial charge in [-0.25, -0.2) is 16.8 Å². The fourth-order valence-electron chi connectivity index (χ4n) is 5.51. The molecule has 0 radical (unpaired) electrons. The van der Waals surface area contributed by atoms with Crippen molar-refractivity contribution in [1.82, 2.24) is 0 Å². The van der Waals surface area contributed by atoms with Crippen molar-refractivity contribution in [2.75, 3.05) is 0 Å². The summed E-state index contributed by atoms with van der Waals surface area (Å²) in [5, 5.41) is 0. The Labute approximate surface area is 289 Å². The van der Waals surface area contributed by atoms with E-state index in [9.17, 15) is 25.9 Å². The molecule has 0 saturated heterocycles. The zero-order valence-corrected chi connectivity index (χ0v) is 30.9. The van der Waals surface area contributed by atoms with Crippen LogP contribution in [0.4, 0.5) is 0 Å². The van der Waals surface area contributed by atoms with E-state index in [0.717, 1.165) is 25.7 Å². The van der Waals surface area contributed by atoms with Gasteiger partial charge in [0.15, 0.2) is 0 Å². The van der Waals surface area contributed by atoms with E-state index in [1.54, 1.807) is 36.4 Å². The maximum atomic E-state index is 11.2. The standard InChI is InChI=1S/2C18H30O3S.Pd/c2*1-2-3-4-5-6-7-8-9-10-11-14-17-15-12-13-16-18(17)22(19,20)21;/h2*12-13,15-16H,2-11,14H2,1H3,(H,19,20,21);/q;;+2/p-2. The molecule has 260 valence electrons. The smallest absolute Gasteiger partial charge is 0.744 e. The van der Waals surface area contributed by atoms with Gasteiger partial charge in [0.1, 0.15) is 20.2 Å². The molecule has 2 aromatic rings. The summed E-state index contributed by atoms with van der Waals surface area (Å²) < 4.78 is 67.1. The van der Waals surface area contributed by atoms with E-state index in [1.807, 2.05) is 0 Å². The summed E-state index contributed by atoms with van der Waals surface area (Å²) in [7, 11) is -8.69. The molecule has 0 atom stereocenters. The van der Waals surface area contributed by atoms with E-state index < -0.39 is 20.2 Å². The number of hydrogen-bond donors (Lipinski definition) is 0. The van der Waals surface area contributed by atoms with Gasteiger partial charge < -0.3 is 9.11 Å². The van der Waals surface area contributed by atoms with E-state index in [4.69, 9.17) is 0 Å². The molecule has 0 unspecified atom stereocenters. The van der Waals surface area contributed by atoms with Crippen LogP contribution in [0.5, 0.6) is 0 Å². The molecule has 0 aliphatic carbocycles. The van der Waals surface area contributed by atoms with Crippen LogP contribution in [0.2, 0.25) is 0 Å². The summed E-state index contributed by atoms with van der Waals surface area (Å²) >= 11 is 0. The second kappa shape index (κ2) is 26.9. The summed E-state index contributed by atoms with van der Waals surface area (Å²) in [6.45, 7) is 4.46. The Morgan fingerprint density at radius 1 is 0.422 bits per heavy atom. The maximum Gasteiger partial charge on any atom is 2.00 e. The Bertz CT molecular complexity index is 1120. The van der Waals surface area contributed by atoms with E-state index in [1.165, 1.54) is 115 Å². The first-order chi connectivity index (χ1) is 21.1. The van der Waals surface area contributed by atoms with Gasteiger partial charge in [0, 0.05) is 0 Å². The summed E-state index contributed by atoms with van der Waals surface area (Å²) in [5.74, 6) is 0. The molecule has 6 nitrogen and oxygen atoms in total. The molecule has 0 spiro atoms. The molecule has 0 bridgehead atoms. The second-order valence-electron chi connectivity index (χ2n) is 12.0. The zero-order chi connectivity index (χ0) is 32.5. The molecule has 9 heteroatoms. The predicted octanol–water partition coefficient (Wildman–Crippen LogP) is 10.1.